The van der Waals surface area contributed by atoms with E-state index in [0.717, 1.165) is 25.7 Å². The van der Waals surface area contributed by atoms with Gasteiger partial charge in [-0.1, -0.05) is 50.5 Å². The molecule has 1 saturated carbocycles. The third-order valence-corrected chi connectivity index (χ3v) is 4.72. The molecule has 0 aromatic heterocycles. The highest BCUT2D eigenvalue weighted by molar-refractivity contribution is 5.84. The van der Waals surface area contributed by atoms with Crippen molar-refractivity contribution in [1.29, 1.82) is 0 Å². The highest BCUT2D eigenvalue weighted by atomic mass is 16.4. The quantitative estimate of drug-likeness (QED) is 0.370. The van der Waals surface area contributed by atoms with E-state index in [4.69, 9.17) is 5.11 Å². The van der Waals surface area contributed by atoms with Crippen molar-refractivity contribution < 1.29 is 24.9 Å². The van der Waals surface area contributed by atoms with E-state index >= 15 is 0 Å². The molecular weight excluding hydrogens is 320 g/mol. The minimum atomic E-state index is -0.772. The van der Waals surface area contributed by atoms with Gasteiger partial charge in [0.15, 0.2) is 0 Å². The largest absolute Gasteiger partial charge is 0.481 e. The van der Waals surface area contributed by atoms with E-state index < -0.39 is 18.2 Å². The van der Waals surface area contributed by atoms with Gasteiger partial charge in [0.2, 0.25) is 0 Å². The van der Waals surface area contributed by atoms with Crippen molar-refractivity contribution in [3.63, 3.8) is 0 Å². The summed E-state index contributed by atoms with van der Waals surface area (Å²) in [6.45, 7) is 2.03. The summed E-state index contributed by atoms with van der Waals surface area (Å²) in [5, 5.41) is 28.7. The second-order valence-electron chi connectivity index (χ2n) is 6.84. The maximum Gasteiger partial charge on any atom is 0.303 e. The second kappa shape index (κ2) is 12.0. The van der Waals surface area contributed by atoms with Crippen LogP contribution in [-0.2, 0) is 9.59 Å². The van der Waals surface area contributed by atoms with Crippen LogP contribution >= 0.6 is 0 Å². The molecule has 5 heteroatoms. The number of hydrogen-bond donors (Lipinski definition) is 3. The topological polar surface area (TPSA) is 94.8 Å². The molecule has 0 aromatic carbocycles. The Morgan fingerprint density at radius 1 is 1.24 bits per heavy atom. The maximum absolute atomic E-state index is 12.1. The fourth-order valence-electron chi connectivity index (χ4n) is 3.32. The lowest BCUT2D eigenvalue weighted by Gasteiger charge is -2.18. The van der Waals surface area contributed by atoms with E-state index in [1.54, 1.807) is 12.2 Å². The molecule has 1 aliphatic carbocycles. The van der Waals surface area contributed by atoms with Crippen LogP contribution in [0.2, 0.25) is 0 Å². The van der Waals surface area contributed by atoms with Crippen LogP contribution < -0.4 is 0 Å². The van der Waals surface area contributed by atoms with E-state index in [-0.39, 0.29) is 30.5 Å². The number of aliphatic carboxylic acids is 1. The summed E-state index contributed by atoms with van der Waals surface area (Å²) >= 11 is 0. The van der Waals surface area contributed by atoms with Gasteiger partial charge in [-0.2, -0.15) is 0 Å². The normalized spacial score (nSPS) is 25.2. The third-order valence-electron chi connectivity index (χ3n) is 4.72. The molecule has 0 saturated heterocycles. The lowest BCUT2D eigenvalue weighted by atomic mass is 9.88. The first kappa shape index (κ1) is 21.6. The summed E-state index contributed by atoms with van der Waals surface area (Å²) in [5.41, 5.74) is 0. The van der Waals surface area contributed by atoms with Gasteiger partial charge in [-0.3, -0.25) is 9.59 Å². The van der Waals surface area contributed by atoms with Gasteiger partial charge < -0.3 is 15.3 Å². The molecule has 25 heavy (non-hydrogen) atoms. The van der Waals surface area contributed by atoms with Crippen LogP contribution in [0.3, 0.4) is 0 Å². The number of Topliss-reactive ketones (excluding diaryl/α,β-unsaturated/α-hetero) is 1. The molecule has 1 rings (SSSR count). The van der Waals surface area contributed by atoms with E-state index in [1.807, 2.05) is 19.1 Å². The molecule has 3 N–H and O–H groups in total. The van der Waals surface area contributed by atoms with Gasteiger partial charge in [0.05, 0.1) is 12.2 Å². The van der Waals surface area contributed by atoms with E-state index in [9.17, 15) is 19.8 Å². The second-order valence-corrected chi connectivity index (χ2v) is 6.84. The molecule has 0 heterocycles. The number of carbonyl (C=O) groups excluding carboxylic acids is 1. The highest BCUT2D eigenvalue weighted by Crippen LogP contribution is 2.34. The van der Waals surface area contributed by atoms with Crippen molar-refractivity contribution in [2.45, 2.75) is 76.9 Å². The fraction of sp³-hybridized carbons (Fsp3) is 0.700. The average Bonchev–Trinajstić information content (AvgIpc) is 2.82. The molecule has 0 spiro atoms. The zero-order valence-corrected chi connectivity index (χ0v) is 15.1. The number of carbonyl (C=O) groups is 2. The Kier molecular flexibility index (Phi) is 10.3. The van der Waals surface area contributed by atoms with Crippen LogP contribution in [0, 0.1) is 11.8 Å². The van der Waals surface area contributed by atoms with Crippen LogP contribution in [0.5, 0.6) is 0 Å². The first-order valence-corrected chi connectivity index (χ1v) is 9.39. The van der Waals surface area contributed by atoms with Crippen molar-refractivity contribution in [3.8, 4) is 0 Å². The SMILES string of the molecule is CC/C=C\C[C@@H](O)/C=C/[C@H]1[C@@H](O)CC(=O)[C@@H]1CCCCCCC(=O)O. The van der Waals surface area contributed by atoms with Crippen molar-refractivity contribution >= 4 is 11.8 Å². The first-order valence-electron chi connectivity index (χ1n) is 9.39. The van der Waals surface area contributed by atoms with Crippen LogP contribution in [0.25, 0.3) is 0 Å². The van der Waals surface area contributed by atoms with Crippen molar-refractivity contribution in [3.05, 3.63) is 24.3 Å². The number of rotatable bonds is 12. The van der Waals surface area contributed by atoms with Crippen molar-refractivity contribution in [1.82, 2.24) is 0 Å². The zero-order chi connectivity index (χ0) is 18.7. The monoisotopic (exact) mass is 352 g/mol. The number of aliphatic hydroxyl groups is 2. The lowest BCUT2D eigenvalue weighted by molar-refractivity contribution is -0.137. The molecule has 0 aliphatic heterocycles. The van der Waals surface area contributed by atoms with Crippen LogP contribution in [0.1, 0.15) is 64.7 Å². The molecule has 4 atom stereocenters. The van der Waals surface area contributed by atoms with Gasteiger partial charge in [0.1, 0.15) is 5.78 Å². The van der Waals surface area contributed by atoms with Gasteiger partial charge in [0, 0.05) is 24.7 Å². The minimum Gasteiger partial charge on any atom is -0.481 e. The first-order chi connectivity index (χ1) is 12.0. The standard InChI is InChI=1S/C20H32O5/c1-2-3-6-9-15(21)12-13-17-16(18(22)14-19(17)23)10-7-4-5-8-11-20(24)25/h3,6,12-13,15-17,19,21,23H,2,4-5,7-11,14H2,1H3,(H,24,25)/b6-3-,13-12+/t15-,16-,17-,19+/m1/s1. The summed E-state index contributed by atoms with van der Waals surface area (Å²) in [4.78, 5) is 22.6. The third kappa shape index (κ3) is 8.45. The van der Waals surface area contributed by atoms with Crippen LogP contribution in [0.4, 0.5) is 0 Å². The molecule has 0 amide bonds. The maximum atomic E-state index is 12.1. The number of carboxylic acids is 1. The van der Waals surface area contributed by atoms with Crippen LogP contribution in [0.15, 0.2) is 24.3 Å². The number of hydrogen-bond acceptors (Lipinski definition) is 4. The summed E-state index contributed by atoms with van der Waals surface area (Å²) < 4.78 is 0. The lowest BCUT2D eigenvalue weighted by Crippen LogP contribution is -2.19. The highest BCUT2D eigenvalue weighted by Gasteiger charge is 2.39. The summed E-state index contributed by atoms with van der Waals surface area (Å²) in [7, 11) is 0. The number of ketones is 1. The summed E-state index contributed by atoms with van der Waals surface area (Å²) in [6, 6.07) is 0. The molecule has 0 unspecified atom stereocenters. The van der Waals surface area contributed by atoms with E-state index in [1.165, 1.54) is 0 Å². The van der Waals surface area contributed by atoms with Crippen LogP contribution in [-0.4, -0.2) is 39.3 Å². The molecule has 142 valence electrons. The molecule has 5 nitrogen and oxygen atoms in total. The van der Waals surface area contributed by atoms with Gasteiger partial charge in [-0.05, 0) is 25.7 Å². The number of aliphatic hydroxyl groups excluding tert-OH is 2. The number of unbranched alkanes of at least 4 members (excludes halogenated alkanes) is 3. The molecule has 0 bridgehead atoms. The fourth-order valence-corrected chi connectivity index (χ4v) is 3.32. The molecule has 1 aliphatic rings. The van der Waals surface area contributed by atoms with Crippen molar-refractivity contribution in [2.75, 3.05) is 0 Å². The van der Waals surface area contributed by atoms with Crippen molar-refractivity contribution in [2.24, 2.45) is 11.8 Å². The number of carboxylic acid groups (broad SMARTS) is 1. The Morgan fingerprint density at radius 2 is 1.96 bits per heavy atom. The summed E-state index contributed by atoms with van der Waals surface area (Å²) in [6.07, 6.45) is 12.0. The summed E-state index contributed by atoms with van der Waals surface area (Å²) in [5.74, 6) is -1.10. The number of allylic oxidation sites excluding steroid dienone is 1. The van der Waals surface area contributed by atoms with E-state index in [0.29, 0.717) is 19.3 Å². The Morgan fingerprint density at radius 3 is 2.64 bits per heavy atom. The Bertz CT molecular complexity index is 469. The smallest absolute Gasteiger partial charge is 0.303 e. The van der Waals surface area contributed by atoms with Gasteiger partial charge in [-0.25, -0.2) is 0 Å². The Hall–Kier alpha value is -1.46. The molecule has 0 aromatic rings. The zero-order valence-electron chi connectivity index (χ0n) is 15.1. The van der Waals surface area contributed by atoms with Gasteiger partial charge in [0.25, 0.3) is 0 Å². The Labute approximate surface area is 150 Å². The van der Waals surface area contributed by atoms with E-state index in [2.05, 4.69) is 0 Å². The average molecular weight is 352 g/mol. The van der Waals surface area contributed by atoms with Gasteiger partial charge in [-0.15, -0.1) is 0 Å². The molecule has 1 fully saturated rings. The Balaban J connectivity index is 2.43. The minimum absolute atomic E-state index is 0.0908. The predicted octanol–water partition coefficient (Wildman–Crippen LogP) is 3.25. The van der Waals surface area contributed by atoms with Gasteiger partial charge >= 0.3 is 5.97 Å². The molecule has 0 radical (unpaired) electrons. The predicted molar refractivity (Wildman–Crippen MR) is 97.1 cm³/mol. The molecular formula is C20H32O5.